The van der Waals surface area contributed by atoms with Crippen LogP contribution in [0.2, 0.25) is 0 Å². The van der Waals surface area contributed by atoms with Crippen molar-refractivity contribution < 1.29 is 14.7 Å². The number of thiazole rings is 1. The summed E-state index contributed by atoms with van der Waals surface area (Å²) in [6.07, 6.45) is 0. The van der Waals surface area contributed by atoms with E-state index in [0.717, 1.165) is 29.2 Å². The Bertz CT molecular complexity index is 830. The van der Waals surface area contributed by atoms with Crippen LogP contribution in [0, 0.1) is 6.92 Å². The highest BCUT2D eigenvalue weighted by Gasteiger charge is 2.18. The second-order valence-electron chi connectivity index (χ2n) is 4.88. The Labute approximate surface area is 145 Å². The first-order valence-corrected chi connectivity index (χ1v) is 8.48. The highest BCUT2D eigenvalue weighted by molar-refractivity contribution is 7.99. The van der Waals surface area contributed by atoms with E-state index >= 15 is 0 Å². The zero-order valence-corrected chi connectivity index (χ0v) is 14.7. The maximum atomic E-state index is 12.0. The van der Waals surface area contributed by atoms with Gasteiger partial charge in [-0.2, -0.15) is 4.98 Å². The molecule has 0 unspecified atom stereocenters. The van der Waals surface area contributed by atoms with E-state index in [2.05, 4.69) is 20.3 Å². The molecule has 0 atom stereocenters. The Hall–Kier alpha value is -2.40. The summed E-state index contributed by atoms with van der Waals surface area (Å²) in [4.78, 5) is 47.2. The molecule has 2 aromatic heterocycles. The van der Waals surface area contributed by atoms with Crippen LogP contribution in [0.4, 0.5) is 5.13 Å². The van der Waals surface area contributed by atoms with Crippen molar-refractivity contribution in [1.29, 1.82) is 0 Å². The number of hydrogen-bond acceptors (Lipinski definition) is 8. The molecule has 11 heteroatoms. The van der Waals surface area contributed by atoms with Crippen molar-refractivity contribution in [3.63, 3.8) is 0 Å². The Morgan fingerprint density at radius 2 is 2.12 bits per heavy atom. The lowest BCUT2D eigenvalue weighted by atomic mass is 10.3. The molecule has 2 amide bonds. The van der Waals surface area contributed by atoms with E-state index in [1.807, 2.05) is 0 Å². The van der Waals surface area contributed by atoms with E-state index in [1.165, 1.54) is 4.90 Å². The number of amides is 2. The number of anilines is 1. The largest absolute Gasteiger partial charge is 0.493 e. The first kappa shape index (κ1) is 17.9. The Balaban J connectivity index is 1.99. The van der Waals surface area contributed by atoms with Gasteiger partial charge in [0, 0.05) is 14.1 Å². The SMILES string of the molecule is Cc1nc(NC(=O)CSc2nc(O)cc(=O)[nH]2)sc1C(=O)N(C)C. The molecule has 0 saturated heterocycles. The highest BCUT2D eigenvalue weighted by Crippen LogP contribution is 2.24. The van der Waals surface area contributed by atoms with E-state index in [-0.39, 0.29) is 22.7 Å². The molecule has 0 bridgehead atoms. The summed E-state index contributed by atoms with van der Waals surface area (Å²) in [5, 5.41) is 12.3. The summed E-state index contributed by atoms with van der Waals surface area (Å²) in [5.41, 5.74) is 0.0356. The quantitative estimate of drug-likeness (QED) is 0.522. The number of nitrogens with zero attached hydrogens (tertiary/aromatic N) is 3. The molecule has 0 spiro atoms. The fraction of sp³-hybridized carbons (Fsp3) is 0.308. The van der Waals surface area contributed by atoms with Gasteiger partial charge in [-0.15, -0.1) is 0 Å². The van der Waals surface area contributed by atoms with Crippen LogP contribution in [0.1, 0.15) is 15.4 Å². The lowest BCUT2D eigenvalue weighted by molar-refractivity contribution is -0.113. The molecular weight excluding hydrogens is 354 g/mol. The van der Waals surface area contributed by atoms with Crippen LogP contribution in [0.25, 0.3) is 0 Å². The minimum absolute atomic E-state index is 0.0397. The maximum Gasteiger partial charge on any atom is 0.265 e. The predicted molar refractivity (Wildman–Crippen MR) is 90.7 cm³/mol. The summed E-state index contributed by atoms with van der Waals surface area (Å²) < 4.78 is 0. The number of thioether (sulfide) groups is 1. The van der Waals surface area contributed by atoms with Gasteiger partial charge in [-0.05, 0) is 6.92 Å². The van der Waals surface area contributed by atoms with Crippen molar-refractivity contribution in [2.45, 2.75) is 12.1 Å². The fourth-order valence-corrected chi connectivity index (χ4v) is 3.31. The number of carbonyl (C=O) groups is 2. The van der Waals surface area contributed by atoms with Gasteiger partial charge in [0.1, 0.15) is 4.88 Å². The third kappa shape index (κ3) is 4.55. The molecule has 0 aliphatic heterocycles. The zero-order valence-electron chi connectivity index (χ0n) is 13.1. The minimum atomic E-state index is -0.507. The first-order chi connectivity index (χ1) is 11.3. The van der Waals surface area contributed by atoms with Gasteiger partial charge < -0.3 is 20.3 Å². The molecule has 3 N–H and O–H groups in total. The van der Waals surface area contributed by atoms with Crippen LogP contribution in [0.5, 0.6) is 5.88 Å². The summed E-state index contributed by atoms with van der Waals surface area (Å²) in [6.45, 7) is 1.69. The number of aromatic hydroxyl groups is 1. The van der Waals surface area contributed by atoms with Crippen molar-refractivity contribution in [3.8, 4) is 5.88 Å². The Morgan fingerprint density at radius 1 is 1.42 bits per heavy atom. The normalized spacial score (nSPS) is 10.5. The monoisotopic (exact) mass is 369 g/mol. The average Bonchev–Trinajstić information content (AvgIpc) is 2.83. The van der Waals surface area contributed by atoms with E-state index in [1.54, 1.807) is 21.0 Å². The molecule has 0 aliphatic carbocycles. The van der Waals surface area contributed by atoms with Crippen molar-refractivity contribution in [1.82, 2.24) is 19.9 Å². The average molecular weight is 369 g/mol. The molecule has 0 saturated carbocycles. The fourth-order valence-electron chi connectivity index (χ4n) is 1.63. The molecule has 2 heterocycles. The van der Waals surface area contributed by atoms with Gasteiger partial charge in [-0.3, -0.25) is 14.4 Å². The topological polar surface area (TPSA) is 128 Å². The molecular formula is C13H15N5O4S2. The van der Waals surface area contributed by atoms with Crippen LogP contribution in [-0.4, -0.2) is 56.6 Å². The standard InChI is InChI=1S/C13H15N5O4S2/c1-6-10(11(22)18(2)3)24-13(14-6)17-9(21)5-23-12-15-7(19)4-8(20)16-12/h4H,5H2,1-3H3,(H,14,17,21)(H2,15,16,19,20). The van der Waals surface area contributed by atoms with Gasteiger partial charge in [0.05, 0.1) is 17.5 Å². The maximum absolute atomic E-state index is 12.0. The molecule has 24 heavy (non-hydrogen) atoms. The van der Waals surface area contributed by atoms with Crippen molar-refractivity contribution in [2.75, 3.05) is 25.2 Å². The molecule has 0 fully saturated rings. The smallest absolute Gasteiger partial charge is 0.265 e. The molecule has 2 rings (SSSR count). The van der Waals surface area contributed by atoms with Crippen molar-refractivity contribution in [2.24, 2.45) is 0 Å². The van der Waals surface area contributed by atoms with Gasteiger partial charge in [-0.25, -0.2) is 4.98 Å². The number of aryl methyl sites for hydroxylation is 1. The summed E-state index contributed by atoms with van der Waals surface area (Å²) in [7, 11) is 3.28. The van der Waals surface area contributed by atoms with Crippen LogP contribution < -0.4 is 10.9 Å². The van der Waals surface area contributed by atoms with Crippen molar-refractivity contribution in [3.05, 3.63) is 27.0 Å². The Kier molecular flexibility index (Phi) is 5.57. The van der Waals surface area contributed by atoms with E-state index in [4.69, 9.17) is 0 Å². The van der Waals surface area contributed by atoms with Gasteiger partial charge in [0.15, 0.2) is 10.3 Å². The van der Waals surface area contributed by atoms with Crippen LogP contribution in [0.15, 0.2) is 16.0 Å². The van der Waals surface area contributed by atoms with Gasteiger partial charge >= 0.3 is 0 Å². The molecule has 0 radical (unpaired) electrons. The van der Waals surface area contributed by atoms with Gasteiger partial charge in [0.2, 0.25) is 11.8 Å². The summed E-state index contributed by atoms with van der Waals surface area (Å²) in [5.74, 6) is -1.00. The third-order valence-corrected chi connectivity index (χ3v) is 4.62. The van der Waals surface area contributed by atoms with Crippen LogP contribution in [-0.2, 0) is 4.79 Å². The lowest BCUT2D eigenvalue weighted by Crippen LogP contribution is -2.21. The van der Waals surface area contributed by atoms with Crippen LogP contribution >= 0.6 is 23.1 Å². The molecule has 0 aliphatic rings. The van der Waals surface area contributed by atoms with Crippen LogP contribution in [0.3, 0.4) is 0 Å². The number of carbonyl (C=O) groups excluding carboxylic acids is 2. The number of rotatable bonds is 5. The van der Waals surface area contributed by atoms with Gasteiger partial charge in [-0.1, -0.05) is 23.1 Å². The number of H-pyrrole nitrogens is 1. The number of aromatic nitrogens is 3. The molecule has 0 aromatic carbocycles. The number of aromatic amines is 1. The van der Waals surface area contributed by atoms with Crippen molar-refractivity contribution >= 4 is 40.0 Å². The third-order valence-electron chi connectivity index (χ3n) is 2.69. The summed E-state index contributed by atoms with van der Waals surface area (Å²) >= 11 is 2.06. The van der Waals surface area contributed by atoms with E-state index in [9.17, 15) is 19.5 Å². The minimum Gasteiger partial charge on any atom is -0.493 e. The Morgan fingerprint density at radius 3 is 2.75 bits per heavy atom. The lowest BCUT2D eigenvalue weighted by Gasteiger charge is -2.07. The summed E-state index contributed by atoms with van der Waals surface area (Å²) in [6, 6.07) is 0.936. The molecule has 9 nitrogen and oxygen atoms in total. The van der Waals surface area contributed by atoms with E-state index in [0.29, 0.717) is 15.7 Å². The number of nitrogens with one attached hydrogen (secondary N) is 2. The highest BCUT2D eigenvalue weighted by atomic mass is 32.2. The predicted octanol–water partition coefficient (Wildman–Crippen LogP) is 0.673. The van der Waals surface area contributed by atoms with E-state index < -0.39 is 11.4 Å². The van der Waals surface area contributed by atoms with Gasteiger partial charge in [0.25, 0.3) is 11.5 Å². The second-order valence-corrected chi connectivity index (χ2v) is 6.84. The zero-order chi connectivity index (χ0) is 17.9. The molecule has 128 valence electrons. The first-order valence-electron chi connectivity index (χ1n) is 6.68. The number of hydrogen-bond donors (Lipinski definition) is 3. The second kappa shape index (κ2) is 7.45. The molecule has 2 aromatic rings.